The number of benzene rings is 4. The van der Waals surface area contributed by atoms with Crippen LogP contribution in [0.15, 0.2) is 141 Å². The number of nitrogens with zero attached hydrogens (tertiary/aromatic N) is 15. The summed E-state index contributed by atoms with van der Waals surface area (Å²) in [6.45, 7) is 20.7. The van der Waals surface area contributed by atoms with Gasteiger partial charge in [0.15, 0.2) is 22.6 Å². The number of carbonyl (C=O) groups is 3. The molecule has 8 aromatic heterocycles. The lowest BCUT2D eigenvalue weighted by Crippen LogP contribution is -2.47. The number of hydrogen-bond acceptors (Lipinski definition) is 17. The molecule has 37 heteroatoms. The molecule has 2 aliphatic heterocycles. The lowest BCUT2D eigenvalue weighted by atomic mass is 10.0. The summed E-state index contributed by atoms with van der Waals surface area (Å²) in [6.07, 6.45) is 1.17. The summed E-state index contributed by atoms with van der Waals surface area (Å²) in [7, 11) is 9.06. The maximum absolute atomic E-state index is 13.5. The highest BCUT2D eigenvalue weighted by molar-refractivity contribution is 8.13. The molecule has 27 nitrogen and oxygen atoms in total. The third-order valence-electron chi connectivity index (χ3n) is 24.4. The molecule has 0 radical (unpaired) electrons. The molecule has 12 aromatic rings. The monoisotopic (exact) mass is 1850 g/mol. The standard InChI is InChI=1S/C25H29F2N5O2.C20H19F2N3O3.C20H21F2N3O.C19H19F2N3O2.C6H12N2O.CH3ClO2S.2CH4/c1-16-4-5-18(14-30-8-10-31(11-9-30)17(2)33)12-20(16)21-6-7-22-23(28-21)29(3)24(34)32(22)15-19-13-25(19,26)27;1-11-4-5-12(18(26)28-3)8-14(11)15-6-7-16-17(23-15)24(2)19(27)25(16)10-13-9-20(13,21)22;1-4-13-6-5-12(2)15(9-13)16-7-8-17-18(23-16)24(3)19(26)25(17)11-14-10-20(14,21)22;1-11-3-4-12(10-25)7-14(11)15-5-6-16-17(22-15)23(2)18(26)24(16)9-13-8-19(13,20)21;1-6(9)8-4-2-7-3-5-8;1-5(2,3)4;;/h4-7,12,19H,8-11,13-15H2,1-3H3;4-8,13H,9-10H2,1-3H3;5-9,14H,4,10-11H2,1-3H3;3-7,13,25H,8-10H2,1-2H3;7H,2-5H2,1H3;1H3;2*1H4. The van der Waals surface area contributed by atoms with Crippen LogP contribution in [-0.2, 0) is 97.3 Å². The van der Waals surface area contributed by atoms with Crippen molar-refractivity contribution in [3.05, 3.63) is 208 Å². The zero-order chi connectivity index (χ0) is 92.9. The summed E-state index contributed by atoms with van der Waals surface area (Å²) in [4.78, 5) is 109. The van der Waals surface area contributed by atoms with Gasteiger partial charge >= 0.3 is 28.7 Å². The Kier molecular flexibility index (Phi) is 30.0. The van der Waals surface area contributed by atoms with E-state index < -0.39 is 62.4 Å². The van der Waals surface area contributed by atoms with Crippen molar-refractivity contribution in [2.45, 2.75) is 158 Å². The van der Waals surface area contributed by atoms with E-state index >= 15 is 0 Å². The fraction of sp³-hybridized carbons (Fsp3) is 0.452. The van der Waals surface area contributed by atoms with E-state index in [2.05, 4.69) is 79.2 Å². The van der Waals surface area contributed by atoms with Crippen molar-refractivity contribution in [1.82, 2.24) is 76.5 Å². The molecule has 0 bridgehead atoms. The molecule has 4 aromatic carbocycles. The van der Waals surface area contributed by atoms with Crippen molar-refractivity contribution in [3.63, 3.8) is 0 Å². The zero-order valence-corrected chi connectivity index (χ0v) is 74.9. The van der Waals surface area contributed by atoms with Gasteiger partial charge in [-0.05, 0) is 152 Å². The largest absolute Gasteiger partial charge is 0.465 e. The molecule has 4 saturated carbocycles. The zero-order valence-electron chi connectivity index (χ0n) is 73.3. The molecule has 4 unspecified atom stereocenters. The minimum atomic E-state index is -3.19. The normalized spacial score (nSPS) is 18.3. The van der Waals surface area contributed by atoms with Crippen LogP contribution >= 0.6 is 10.7 Å². The number of imidazole rings is 4. The van der Waals surface area contributed by atoms with E-state index in [1.165, 1.54) is 49.2 Å². The van der Waals surface area contributed by atoms with Crippen molar-refractivity contribution < 1.29 is 67.8 Å². The first-order chi connectivity index (χ1) is 60.3. The summed E-state index contributed by atoms with van der Waals surface area (Å²) in [5.41, 5.74) is 16.8. The quantitative estimate of drug-likeness (QED) is 0.0486. The number of aliphatic hydroxyl groups excluding tert-OH is 1. The first kappa shape index (κ1) is 99.1. The Bertz CT molecular complexity index is 6480. The van der Waals surface area contributed by atoms with Gasteiger partial charge in [0.1, 0.15) is 0 Å². The van der Waals surface area contributed by atoms with Crippen LogP contribution in [0.3, 0.4) is 0 Å². The van der Waals surface area contributed by atoms with E-state index in [9.17, 15) is 82.2 Å². The van der Waals surface area contributed by atoms with Gasteiger partial charge in [-0.1, -0.05) is 64.2 Å². The molecular weight excluding hydrogens is 1740 g/mol. The number of rotatable bonds is 17. The number of piperazine rings is 2. The van der Waals surface area contributed by atoms with Gasteiger partial charge in [-0.3, -0.25) is 51.0 Å². The van der Waals surface area contributed by atoms with E-state index in [-0.39, 0.29) is 108 Å². The number of aryl methyl sites for hydroxylation is 9. The third-order valence-corrected chi connectivity index (χ3v) is 24.4. The Hall–Kier alpha value is -11.5. The molecule has 10 heterocycles. The second-order valence-corrected chi connectivity index (χ2v) is 36.9. The van der Waals surface area contributed by atoms with Gasteiger partial charge in [-0.2, -0.15) is 0 Å². The smallest absolute Gasteiger partial charge is 0.337 e. The highest BCUT2D eigenvalue weighted by Crippen LogP contribution is 2.52. The number of halogens is 9. The van der Waals surface area contributed by atoms with Crippen molar-refractivity contribution in [3.8, 4) is 45.0 Å². The number of carbonyl (C=O) groups excluding carboxylic acids is 3. The summed E-state index contributed by atoms with van der Waals surface area (Å²) in [5.74, 6) is -14.0. The second-order valence-electron chi connectivity index (χ2n) is 33.8. The van der Waals surface area contributed by atoms with E-state index in [1.807, 2.05) is 80.0 Å². The number of aromatic nitrogens is 12. The molecule has 0 spiro atoms. The highest BCUT2D eigenvalue weighted by Gasteiger charge is 2.59. The molecule has 4 aliphatic carbocycles. The number of amides is 2. The summed E-state index contributed by atoms with van der Waals surface area (Å²) < 4.78 is 141. The fourth-order valence-electron chi connectivity index (χ4n) is 16.0. The van der Waals surface area contributed by atoms with Crippen LogP contribution in [0.2, 0.25) is 0 Å². The van der Waals surface area contributed by atoms with Crippen LogP contribution in [0, 0.1) is 51.4 Å². The van der Waals surface area contributed by atoms with Crippen LogP contribution in [0.1, 0.15) is 111 Å². The van der Waals surface area contributed by atoms with Gasteiger partial charge in [-0.15, -0.1) is 0 Å². The minimum Gasteiger partial charge on any atom is -0.465 e. The van der Waals surface area contributed by atoms with Gasteiger partial charge in [0.25, 0.3) is 23.7 Å². The first-order valence-corrected chi connectivity index (χ1v) is 44.7. The summed E-state index contributed by atoms with van der Waals surface area (Å²) in [6, 6.07) is 37.7. The van der Waals surface area contributed by atoms with Gasteiger partial charge in [0, 0.05) is 209 Å². The van der Waals surface area contributed by atoms with Crippen LogP contribution in [0.4, 0.5) is 35.1 Å². The Morgan fingerprint density at radius 3 is 1.02 bits per heavy atom. The molecule has 2 N–H and O–H groups in total. The lowest BCUT2D eigenvalue weighted by Gasteiger charge is -2.34. The number of fused-ring (bicyclic) bond motifs is 4. The van der Waals surface area contributed by atoms with Gasteiger partial charge in [0.05, 0.1) is 70.4 Å². The average molecular weight is 1850 g/mol. The predicted octanol–water partition coefficient (Wildman–Crippen LogP) is 13.9. The van der Waals surface area contributed by atoms with Crippen molar-refractivity contribution in [1.29, 1.82) is 0 Å². The number of hydrogen-bond donors (Lipinski definition) is 2. The molecular formula is C93H111ClF8N16O11S. The first-order valence-electron chi connectivity index (χ1n) is 42.0. The lowest BCUT2D eigenvalue weighted by molar-refractivity contribution is -0.131. The molecule has 2 amide bonds. The van der Waals surface area contributed by atoms with Crippen molar-refractivity contribution >= 4 is 82.2 Å². The van der Waals surface area contributed by atoms with Gasteiger partial charge in [0.2, 0.25) is 20.9 Å². The number of ether oxygens (including phenoxy) is 1. The Morgan fingerprint density at radius 1 is 0.454 bits per heavy atom. The minimum absolute atomic E-state index is 0. The summed E-state index contributed by atoms with van der Waals surface area (Å²) in [5, 5.41) is 12.5. The SMILES string of the molecule is C.C.CC(=O)N1CCN(Cc2ccc(C)c(-c3ccc4c(n3)n(C)c(=O)n4CC3CC3(F)F)c2)CC1.CC(=O)N1CCNCC1.CCc1ccc(C)c(-c2ccc3c(n2)n(C)c(=O)n3CC2CC2(F)F)c1.COC(=O)c1ccc(C)c(-c2ccc3c(n2)n(C)c(=O)n3CC2CC2(F)F)c1.CS(=O)(=O)Cl.Cc1ccc(CO)cc1-c1ccc2c(n1)n(C)c(=O)n2CC1CC1(F)F. The molecule has 18 rings (SSSR count). The highest BCUT2D eigenvalue weighted by atomic mass is 35.7. The van der Waals surface area contributed by atoms with Crippen LogP contribution in [0.25, 0.3) is 89.7 Å². The van der Waals surface area contributed by atoms with Crippen LogP contribution < -0.4 is 28.1 Å². The van der Waals surface area contributed by atoms with Crippen molar-refractivity contribution in [2.24, 2.45) is 51.9 Å². The van der Waals surface area contributed by atoms with Crippen LogP contribution in [-0.4, -0.2) is 192 Å². The van der Waals surface area contributed by atoms with E-state index in [0.717, 1.165) is 139 Å². The number of pyridine rings is 4. The predicted molar refractivity (Wildman–Crippen MR) is 486 cm³/mol. The average Bonchev–Trinajstić information content (AvgIpc) is 1.61. The van der Waals surface area contributed by atoms with Gasteiger partial charge in [-0.25, -0.2) is 87.4 Å². The van der Waals surface area contributed by atoms with E-state index in [0.29, 0.717) is 61.6 Å². The van der Waals surface area contributed by atoms with E-state index in [4.69, 9.17) is 9.72 Å². The van der Waals surface area contributed by atoms with Crippen LogP contribution in [0.5, 0.6) is 0 Å². The molecule has 4 atom stereocenters. The number of nitrogens with one attached hydrogen (secondary N) is 1. The Labute approximate surface area is 751 Å². The molecule has 698 valence electrons. The van der Waals surface area contributed by atoms with Gasteiger partial charge < -0.3 is 25.0 Å². The van der Waals surface area contributed by atoms with Crippen molar-refractivity contribution in [2.75, 3.05) is 65.7 Å². The van der Waals surface area contributed by atoms with E-state index in [1.54, 1.807) is 84.5 Å². The number of methoxy groups -OCH3 is 1. The molecule has 6 aliphatic rings. The molecule has 2 saturated heterocycles. The maximum atomic E-state index is 13.5. The Balaban J connectivity index is 0.000000159. The molecule has 130 heavy (non-hydrogen) atoms. The summed E-state index contributed by atoms with van der Waals surface area (Å²) >= 11 is 0. The maximum Gasteiger partial charge on any atom is 0.337 e. The topological polar surface area (TPSA) is 296 Å². The number of aliphatic hydroxyl groups is 1. The second kappa shape index (κ2) is 39.3. The third kappa shape index (κ3) is 22.2. The number of alkyl halides is 8. The molecule has 6 fully saturated rings. The fourth-order valence-corrected chi connectivity index (χ4v) is 16.0. The Morgan fingerprint density at radius 2 is 0.731 bits per heavy atom. The number of esters is 1.